The Bertz CT molecular complexity index is 515. The lowest BCUT2D eigenvalue weighted by Gasteiger charge is -2.12. The molecule has 0 bridgehead atoms. The summed E-state index contributed by atoms with van der Waals surface area (Å²) in [5, 5.41) is 28.1. The molecule has 0 fully saturated rings. The van der Waals surface area contributed by atoms with E-state index in [1.807, 2.05) is 0 Å². The van der Waals surface area contributed by atoms with Crippen molar-refractivity contribution in [2.45, 2.75) is 12.2 Å². The fraction of sp³-hybridized carbons (Fsp3) is 0.200. The molecular formula is C10H9N3O2. The Balaban J connectivity index is 2.52. The quantitative estimate of drug-likeness (QED) is 0.619. The van der Waals surface area contributed by atoms with Crippen LogP contribution in [0.4, 0.5) is 0 Å². The van der Waals surface area contributed by atoms with Gasteiger partial charge in [0.25, 0.3) is 0 Å². The zero-order chi connectivity index (χ0) is 10.8. The largest absolute Gasteiger partial charge is 0.385 e. The molecule has 0 aliphatic rings. The van der Waals surface area contributed by atoms with Crippen LogP contribution in [0.3, 0.4) is 0 Å². The van der Waals surface area contributed by atoms with E-state index < -0.39 is 12.2 Å². The van der Waals surface area contributed by atoms with Crippen LogP contribution >= 0.6 is 0 Å². The summed E-state index contributed by atoms with van der Waals surface area (Å²) in [6, 6.07) is 4.92. The second kappa shape index (κ2) is 3.69. The third-order valence-corrected chi connectivity index (χ3v) is 2.24. The first kappa shape index (κ1) is 9.65. The lowest BCUT2D eigenvalue weighted by Crippen LogP contribution is -2.15. The molecule has 2 atom stereocenters. The average molecular weight is 203 g/mol. The first-order chi connectivity index (χ1) is 7.24. The van der Waals surface area contributed by atoms with Crippen LogP contribution in [0.25, 0.3) is 11.0 Å². The highest BCUT2D eigenvalue weighted by atomic mass is 16.3. The SMILES string of the molecule is N#CC(O)C(O)c1ccnc2[nH]ccc12. The van der Waals surface area contributed by atoms with E-state index in [2.05, 4.69) is 9.97 Å². The maximum absolute atomic E-state index is 9.69. The fourth-order valence-electron chi connectivity index (χ4n) is 1.48. The number of aliphatic hydroxyl groups is 2. The van der Waals surface area contributed by atoms with Gasteiger partial charge in [-0.2, -0.15) is 5.26 Å². The van der Waals surface area contributed by atoms with E-state index >= 15 is 0 Å². The zero-order valence-electron chi connectivity index (χ0n) is 7.75. The Morgan fingerprint density at radius 3 is 2.93 bits per heavy atom. The highest BCUT2D eigenvalue weighted by Gasteiger charge is 2.20. The fourth-order valence-corrected chi connectivity index (χ4v) is 1.48. The molecule has 2 aromatic rings. The lowest BCUT2D eigenvalue weighted by molar-refractivity contribution is 0.0537. The van der Waals surface area contributed by atoms with Gasteiger partial charge in [-0.25, -0.2) is 4.98 Å². The molecule has 5 heteroatoms. The van der Waals surface area contributed by atoms with Crippen LogP contribution in [0.5, 0.6) is 0 Å². The van der Waals surface area contributed by atoms with Crippen LogP contribution in [0.1, 0.15) is 11.7 Å². The van der Waals surface area contributed by atoms with Crippen LogP contribution in [0.15, 0.2) is 24.5 Å². The van der Waals surface area contributed by atoms with Gasteiger partial charge in [-0.15, -0.1) is 0 Å². The monoisotopic (exact) mass is 203 g/mol. The smallest absolute Gasteiger partial charge is 0.170 e. The number of nitriles is 1. The number of fused-ring (bicyclic) bond motifs is 1. The topological polar surface area (TPSA) is 92.9 Å². The van der Waals surface area contributed by atoms with Crippen molar-refractivity contribution in [3.63, 3.8) is 0 Å². The van der Waals surface area contributed by atoms with Crippen molar-refractivity contribution in [3.05, 3.63) is 30.1 Å². The van der Waals surface area contributed by atoms with E-state index in [9.17, 15) is 10.2 Å². The molecule has 2 aromatic heterocycles. The van der Waals surface area contributed by atoms with Crippen molar-refractivity contribution in [1.29, 1.82) is 5.26 Å². The number of nitrogens with one attached hydrogen (secondary N) is 1. The van der Waals surface area contributed by atoms with Crippen molar-refractivity contribution in [2.24, 2.45) is 0 Å². The Morgan fingerprint density at radius 1 is 1.40 bits per heavy atom. The van der Waals surface area contributed by atoms with Gasteiger partial charge in [0.15, 0.2) is 6.10 Å². The molecule has 3 N–H and O–H groups in total. The third-order valence-electron chi connectivity index (χ3n) is 2.24. The average Bonchev–Trinajstić information content (AvgIpc) is 2.74. The molecule has 0 aliphatic carbocycles. The summed E-state index contributed by atoms with van der Waals surface area (Å²) in [6.07, 6.45) is 0.565. The van der Waals surface area contributed by atoms with Gasteiger partial charge in [0.1, 0.15) is 11.8 Å². The van der Waals surface area contributed by atoms with Gasteiger partial charge in [-0.1, -0.05) is 0 Å². The van der Waals surface area contributed by atoms with Crippen molar-refractivity contribution in [2.75, 3.05) is 0 Å². The summed E-state index contributed by atoms with van der Waals surface area (Å²) in [6.45, 7) is 0. The van der Waals surface area contributed by atoms with Gasteiger partial charge in [0.2, 0.25) is 0 Å². The highest BCUT2D eigenvalue weighted by molar-refractivity contribution is 5.79. The zero-order valence-corrected chi connectivity index (χ0v) is 7.75. The van der Waals surface area contributed by atoms with Crippen LogP contribution in [-0.4, -0.2) is 26.3 Å². The summed E-state index contributed by atoms with van der Waals surface area (Å²) >= 11 is 0. The van der Waals surface area contributed by atoms with Gasteiger partial charge in [0.05, 0.1) is 6.07 Å². The Kier molecular flexibility index (Phi) is 2.37. The van der Waals surface area contributed by atoms with Crippen LogP contribution in [0, 0.1) is 11.3 Å². The van der Waals surface area contributed by atoms with E-state index in [4.69, 9.17) is 5.26 Å². The first-order valence-corrected chi connectivity index (χ1v) is 4.42. The summed E-state index contributed by atoms with van der Waals surface area (Å²) in [5.41, 5.74) is 1.12. The number of aromatic amines is 1. The van der Waals surface area contributed by atoms with Crippen molar-refractivity contribution in [1.82, 2.24) is 9.97 Å². The number of aromatic nitrogens is 2. The number of pyridine rings is 1. The molecule has 2 rings (SSSR count). The van der Waals surface area contributed by atoms with Gasteiger partial charge in [0, 0.05) is 17.8 Å². The van der Waals surface area contributed by atoms with E-state index in [-0.39, 0.29) is 0 Å². The minimum Gasteiger partial charge on any atom is -0.385 e. The molecule has 15 heavy (non-hydrogen) atoms. The summed E-state index contributed by atoms with van der Waals surface area (Å²) < 4.78 is 0. The molecule has 2 unspecified atom stereocenters. The molecule has 0 saturated carbocycles. The van der Waals surface area contributed by atoms with Gasteiger partial charge < -0.3 is 15.2 Å². The Morgan fingerprint density at radius 2 is 2.20 bits per heavy atom. The van der Waals surface area contributed by atoms with E-state index in [0.717, 1.165) is 0 Å². The second-order valence-electron chi connectivity index (χ2n) is 3.16. The summed E-state index contributed by atoms with van der Waals surface area (Å²) in [7, 11) is 0. The second-order valence-corrected chi connectivity index (χ2v) is 3.16. The summed E-state index contributed by atoms with van der Waals surface area (Å²) in [5.74, 6) is 0. The number of H-pyrrole nitrogens is 1. The summed E-state index contributed by atoms with van der Waals surface area (Å²) in [4.78, 5) is 6.92. The molecule has 2 heterocycles. The highest BCUT2D eigenvalue weighted by Crippen LogP contribution is 2.24. The minimum absolute atomic E-state index is 0.496. The normalized spacial score (nSPS) is 14.7. The van der Waals surface area contributed by atoms with Gasteiger partial charge in [-0.05, 0) is 17.7 Å². The maximum Gasteiger partial charge on any atom is 0.170 e. The minimum atomic E-state index is -1.43. The Labute approximate surface area is 85.6 Å². The van der Waals surface area contributed by atoms with Crippen molar-refractivity contribution in [3.8, 4) is 6.07 Å². The lowest BCUT2D eigenvalue weighted by atomic mass is 10.0. The van der Waals surface area contributed by atoms with Crippen LogP contribution < -0.4 is 0 Å². The van der Waals surface area contributed by atoms with E-state index in [1.165, 1.54) is 6.20 Å². The molecule has 5 nitrogen and oxygen atoms in total. The molecule has 0 radical (unpaired) electrons. The number of hydrogen-bond donors (Lipinski definition) is 3. The van der Waals surface area contributed by atoms with Crippen molar-refractivity contribution >= 4 is 11.0 Å². The molecule has 0 aromatic carbocycles. The predicted molar refractivity (Wildman–Crippen MR) is 52.7 cm³/mol. The van der Waals surface area contributed by atoms with Crippen molar-refractivity contribution < 1.29 is 10.2 Å². The molecular weight excluding hydrogens is 194 g/mol. The number of rotatable bonds is 2. The molecule has 0 spiro atoms. The number of hydrogen-bond acceptors (Lipinski definition) is 4. The number of nitrogens with zero attached hydrogens (tertiary/aromatic N) is 2. The Hall–Kier alpha value is -1.90. The van der Waals surface area contributed by atoms with Crippen LogP contribution in [-0.2, 0) is 0 Å². The van der Waals surface area contributed by atoms with Gasteiger partial charge >= 0.3 is 0 Å². The molecule has 0 saturated heterocycles. The molecule has 0 amide bonds. The number of aliphatic hydroxyl groups excluding tert-OH is 2. The van der Waals surface area contributed by atoms with Crippen LogP contribution in [0.2, 0.25) is 0 Å². The maximum atomic E-state index is 9.69. The molecule has 76 valence electrons. The predicted octanol–water partition coefficient (Wildman–Crippen LogP) is 0.481. The van der Waals surface area contributed by atoms with E-state index in [0.29, 0.717) is 16.6 Å². The molecule has 0 aliphatic heterocycles. The first-order valence-electron chi connectivity index (χ1n) is 4.42. The standard InChI is InChI=1S/C10H9N3O2/c11-5-8(14)9(15)6-1-3-12-10-7(6)2-4-13-10/h1-4,8-9,14-15H,(H,12,13). The van der Waals surface area contributed by atoms with E-state index in [1.54, 1.807) is 24.4 Å². The third kappa shape index (κ3) is 1.56. The van der Waals surface area contributed by atoms with Gasteiger partial charge in [-0.3, -0.25) is 0 Å².